The molecule has 1 aliphatic rings. The van der Waals surface area contributed by atoms with E-state index in [2.05, 4.69) is 15.2 Å². The number of guanidine groups is 1. The maximum Gasteiger partial charge on any atom is 0.194 e. The van der Waals surface area contributed by atoms with Crippen LogP contribution in [0.4, 0.5) is 0 Å². The largest absolute Gasteiger partial charge is 0.391 e. The standard InChI is InChI=1S/C12H25N3O3/c1-3-13-12(15-6-4-11(16)10-15)14-5-7-18-9-8-17-2/h11,16H,3-10H2,1-2H3,(H,13,14)/t11-/m1/s1. The van der Waals surface area contributed by atoms with Crippen LogP contribution in [0.25, 0.3) is 0 Å². The molecule has 0 aromatic heterocycles. The first kappa shape index (κ1) is 15.2. The monoisotopic (exact) mass is 259 g/mol. The van der Waals surface area contributed by atoms with Crippen LogP contribution < -0.4 is 5.32 Å². The lowest BCUT2D eigenvalue weighted by atomic mass is 10.3. The molecule has 0 unspecified atom stereocenters. The Morgan fingerprint density at radius 1 is 1.44 bits per heavy atom. The highest BCUT2D eigenvalue weighted by Gasteiger charge is 2.22. The minimum absolute atomic E-state index is 0.230. The zero-order chi connectivity index (χ0) is 13.2. The summed E-state index contributed by atoms with van der Waals surface area (Å²) in [6.45, 7) is 6.82. The number of nitrogens with one attached hydrogen (secondary N) is 1. The maximum absolute atomic E-state index is 9.52. The lowest BCUT2D eigenvalue weighted by molar-refractivity contribution is 0.0747. The fourth-order valence-corrected chi connectivity index (χ4v) is 1.82. The van der Waals surface area contributed by atoms with Crippen molar-refractivity contribution < 1.29 is 14.6 Å². The van der Waals surface area contributed by atoms with Gasteiger partial charge in [-0.25, -0.2) is 0 Å². The van der Waals surface area contributed by atoms with Crippen molar-refractivity contribution in [2.45, 2.75) is 19.4 Å². The summed E-state index contributed by atoms with van der Waals surface area (Å²) < 4.78 is 10.3. The first-order valence-electron chi connectivity index (χ1n) is 6.56. The van der Waals surface area contributed by atoms with Gasteiger partial charge in [-0.3, -0.25) is 4.99 Å². The Morgan fingerprint density at radius 2 is 2.28 bits per heavy atom. The smallest absolute Gasteiger partial charge is 0.194 e. The summed E-state index contributed by atoms with van der Waals surface area (Å²) in [5.41, 5.74) is 0. The van der Waals surface area contributed by atoms with Gasteiger partial charge in [0, 0.05) is 26.7 Å². The van der Waals surface area contributed by atoms with Crippen LogP contribution in [0.5, 0.6) is 0 Å². The van der Waals surface area contributed by atoms with Gasteiger partial charge in [-0.15, -0.1) is 0 Å². The Bertz CT molecular complexity index is 249. The van der Waals surface area contributed by atoms with E-state index in [9.17, 15) is 5.11 Å². The third kappa shape index (κ3) is 5.66. The molecule has 1 fully saturated rings. The number of aliphatic imine (C=N–C) groups is 1. The van der Waals surface area contributed by atoms with E-state index in [0.29, 0.717) is 32.9 Å². The third-order valence-electron chi connectivity index (χ3n) is 2.73. The average molecular weight is 259 g/mol. The number of methoxy groups -OCH3 is 1. The number of likely N-dealkylation sites (tertiary alicyclic amines) is 1. The van der Waals surface area contributed by atoms with Gasteiger partial charge in [0.25, 0.3) is 0 Å². The summed E-state index contributed by atoms with van der Waals surface area (Å²) in [4.78, 5) is 6.57. The Kier molecular flexibility index (Phi) is 7.71. The Morgan fingerprint density at radius 3 is 2.89 bits per heavy atom. The van der Waals surface area contributed by atoms with Gasteiger partial charge in [-0.05, 0) is 13.3 Å². The van der Waals surface area contributed by atoms with Crippen molar-refractivity contribution >= 4 is 5.96 Å². The van der Waals surface area contributed by atoms with E-state index in [4.69, 9.17) is 9.47 Å². The second-order valence-corrected chi connectivity index (χ2v) is 4.23. The molecular formula is C12H25N3O3. The van der Waals surface area contributed by atoms with E-state index in [1.165, 1.54) is 0 Å². The molecule has 106 valence electrons. The molecule has 0 radical (unpaired) electrons. The topological polar surface area (TPSA) is 66.3 Å². The van der Waals surface area contributed by atoms with Crippen LogP contribution in [-0.2, 0) is 9.47 Å². The average Bonchev–Trinajstić information content (AvgIpc) is 2.79. The molecule has 1 aliphatic heterocycles. The summed E-state index contributed by atoms with van der Waals surface area (Å²) in [6.07, 6.45) is 0.584. The van der Waals surface area contributed by atoms with Crippen LogP contribution in [0.1, 0.15) is 13.3 Å². The van der Waals surface area contributed by atoms with E-state index >= 15 is 0 Å². The highest BCUT2D eigenvalue weighted by Crippen LogP contribution is 2.08. The molecule has 0 amide bonds. The molecule has 0 bridgehead atoms. The Hall–Kier alpha value is -0.850. The van der Waals surface area contributed by atoms with Crippen molar-refractivity contribution in [2.75, 3.05) is 53.1 Å². The number of rotatable bonds is 7. The molecule has 1 saturated heterocycles. The van der Waals surface area contributed by atoms with Gasteiger partial charge < -0.3 is 24.8 Å². The highest BCUT2D eigenvalue weighted by atomic mass is 16.5. The third-order valence-corrected chi connectivity index (χ3v) is 2.73. The molecule has 0 aliphatic carbocycles. The molecule has 6 heteroatoms. The molecule has 18 heavy (non-hydrogen) atoms. The molecule has 0 aromatic carbocycles. The first-order valence-corrected chi connectivity index (χ1v) is 6.56. The lowest BCUT2D eigenvalue weighted by Crippen LogP contribution is -2.40. The van der Waals surface area contributed by atoms with Gasteiger partial charge in [-0.1, -0.05) is 0 Å². The zero-order valence-electron chi connectivity index (χ0n) is 11.4. The SMILES string of the molecule is CCNC(=NCCOCCOC)N1CC[C@@H](O)C1. The first-order chi connectivity index (χ1) is 8.77. The van der Waals surface area contributed by atoms with Gasteiger partial charge in [0.1, 0.15) is 0 Å². The fraction of sp³-hybridized carbons (Fsp3) is 0.917. The molecule has 0 aromatic rings. The van der Waals surface area contributed by atoms with Crippen LogP contribution in [0.3, 0.4) is 0 Å². The van der Waals surface area contributed by atoms with E-state index in [1.807, 2.05) is 6.92 Å². The summed E-state index contributed by atoms with van der Waals surface area (Å²) in [7, 11) is 1.66. The van der Waals surface area contributed by atoms with Crippen LogP contribution in [-0.4, -0.2) is 75.2 Å². The quantitative estimate of drug-likeness (QED) is 0.373. The molecule has 1 rings (SSSR count). The van der Waals surface area contributed by atoms with E-state index in [-0.39, 0.29) is 6.10 Å². The summed E-state index contributed by atoms with van der Waals surface area (Å²) in [5.74, 6) is 0.865. The van der Waals surface area contributed by atoms with Crippen molar-refractivity contribution in [1.82, 2.24) is 10.2 Å². The van der Waals surface area contributed by atoms with Crippen molar-refractivity contribution in [3.8, 4) is 0 Å². The normalized spacial score (nSPS) is 20.5. The summed E-state index contributed by atoms with van der Waals surface area (Å²) in [6, 6.07) is 0. The van der Waals surface area contributed by atoms with Crippen LogP contribution in [0.15, 0.2) is 4.99 Å². The van der Waals surface area contributed by atoms with Crippen LogP contribution >= 0.6 is 0 Å². The molecular weight excluding hydrogens is 234 g/mol. The minimum Gasteiger partial charge on any atom is -0.391 e. The Balaban J connectivity index is 2.27. The molecule has 2 N–H and O–H groups in total. The molecule has 0 saturated carbocycles. The molecule has 1 heterocycles. The summed E-state index contributed by atoms with van der Waals surface area (Å²) >= 11 is 0. The number of ether oxygens (including phenoxy) is 2. The number of hydrogen-bond donors (Lipinski definition) is 2. The molecule has 0 spiro atoms. The van der Waals surface area contributed by atoms with Crippen molar-refractivity contribution in [3.63, 3.8) is 0 Å². The van der Waals surface area contributed by atoms with Gasteiger partial charge in [0.2, 0.25) is 0 Å². The van der Waals surface area contributed by atoms with Gasteiger partial charge in [0.15, 0.2) is 5.96 Å². The highest BCUT2D eigenvalue weighted by molar-refractivity contribution is 5.80. The number of aliphatic hydroxyl groups is 1. The minimum atomic E-state index is -0.230. The summed E-state index contributed by atoms with van der Waals surface area (Å²) in [5, 5.41) is 12.8. The van der Waals surface area contributed by atoms with E-state index < -0.39 is 0 Å². The number of β-amino-alcohol motifs (C(OH)–C–C–N with tert-alkyl or cyclic N) is 1. The van der Waals surface area contributed by atoms with Crippen molar-refractivity contribution in [2.24, 2.45) is 4.99 Å². The number of aliphatic hydroxyl groups excluding tert-OH is 1. The van der Waals surface area contributed by atoms with Crippen molar-refractivity contribution in [3.05, 3.63) is 0 Å². The maximum atomic E-state index is 9.52. The van der Waals surface area contributed by atoms with Crippen LogP contribution in [0, 0.1) is 0 Å². The zero-order valence-corrected chi connectivity index (χ0v) is 11.4. The predicted octanol–water partition coefficient (Wildman–Crippen LogP) is -0.318. The second kappa shape index (κ2) is 9.13. The van der Waals surface area contributed by atoms with Gasteiger partial charge >= 0.3 is 0 Å². The van der Waals surface area contributed by atoms with E-state index in [1.54, 1.807) is 7.11 Å². The second-order valence-electron chi connectivity index (χ2n) is 4.23. The van der Waals surface area contributed by atoms with E-state index in [0.717, 1.165) is 25.5 Å². The fourth-order valence-electron chi connectivity index (χ4n) is 1.82. The Labute approximate surface area is 109 Å². The molecule has 6 nitrogen and oxygen atoms in total. The predicted molar refractivity (Wildman–Crippen MR) is 70.9 cm³/mol. The number of hydrogen-bond acceptors (Lipinski definition) is 4. The van der Waals surface area contributed by atoms with Crippen molar-refractivity contribution in [1.29, 1.82) is 0 Å². The van der Waals surface area contributed by atoms with Gasteiger partial charge in [-0.2, -0.15) is 0 Å². The lowest BCUT2D eigenvalue weighted by Gasteiger charge is -2.20. The number of nitrogens with zero attached hydrogens (tertiary/aromatic N) is 2. The van der Waals surface area contributed by atoms with Crippen LogP contribution in [0.2, 0.25) is 0 Å². The van der Waals surface area contributed by atoms with Gasteiger partial charge in [0.05, 0.1) is 32.5 Å². The molecule has 1 atom stereocenters.